The van der Waals surface area contributed by atoms with E-state index in [4.69, 9.17) is 5.11 Å². The van der Waals surface area contributed by atoms with Crippen LogP contribution in [0.4, 0.5) is 4.79 Å². The van der Waals surface area contributed by atoms with Crippen LogP contribution in [0.15, 0.2) is 0 Å². The monoisotopic (exact) mass is 228 g/mol. The number of hydrogen-bond donors (Lipinski definition) is 1. The maximum atomic E-state index is 12.0. The highest BCUT2D eigenvalue weighted by Gasteiger charge is 2.27. The van der Waals surface area contributed by atoms with Gasteiger partial charge in [-0.15, -0.1) is 0 Å². The third kappa shape index (κ3) is 2.87. The Morgan fingerprint density at radius 2 is 1.44 bits per heavy atom. The second kappa shape index (κ2) is 5.18. The highest BCUT2D eigenvalue weighted by Crippen LogP contribution is 2.14. The van der Waals surface area contributed by atoms with E-state index in [1.165, 1.54) is 4.90 Å². The zero-order valence-corrected chi connectivity index (χ0v) is 10.1. The Kier molecular flexibility index (Phi) is 4.15. The van der Waals surface area contributed by atoms with Crippen molar-refractivity contribution in [1.29, 1.82) is 0 Å². The van der Waals surface area contributed by atoms with Gasteiger partial charge in [-0.1, -0.05) is 20.8 Å². The first-order valence-electron chi connectivity index (χ1n) is 5.70. The van der Waals surface area contributed by atoms with Crippen LogP contribution in [0, 0.1) is 11.8 Å². The molecule has 0 saturated carbocycles. The molecular formula is C11H20N2O3. The average molecular weight is 228 g/mol. The van der Waals surface area contributed by atoms with Crippen LogP contribution in [-0.4, -0.2) is 53.1 Å². The van der Waals surface area contributed by atoms with E-state index in [1.807, 2.05) is 20.8 Å². The second-order valence-electron chi connectivity index (χ2n) is 4.63. The van der Waals surface area contributed by atoms with E-state index in [-0.39, 0.29) is 11.8 Å². The fourth-order valence-corrected chi connectivity index (χ4v) is 1.69. The van der Waals surface area contributed by atoms with E-state index in [2.05, 4.69) is 0 Å². The minimum Gasteiger partial charge on any atom is -0.465 e. The van der Waals surface area contributed by atoms with Gasteiger partial charge in [0.15, 0.2) is 0 Å². The highest BCUT2D eigenvalue weighted by molar-refractivity contribution is 5.79. The summed E-state index contributed by atoms with van der Waals surface area (Å²) in [6, 6.07) is 0. The van der Waals surface area contributed by atoms with Gasteiger partial charge in [0, 0.05) is 32.1 Å². The van der Waals surface area contributed by atoms with Crippen molar-refractivity contribution >= 4 is 12.0 Å². The summed E-state index contributed by atoms with van der Waals surface area (Å²) in [7, 11) is 0. The van der Waals surface area contributed by atoms with Gasteiger partial charge in [0.2, 0.25) is 5.91 Å². The molecule has 0 aliphatic carbocycles. The Hall–Kier alpha value is -1.26. The molecule has 0 spiro atoms. The molecule has 1 fully saturated rings. The van der Waals surface area contributed by atoms with Gasteiger partial charge in [-0.25, -0.2) is 4.79 Å². The molecule has 0 aromatic rings. The first-order chi connectivity index (χ1) is 7.43. The van der Waals surface area contributed by atoms with Crippen LogP contribution < -0.4 is 0 Å². The van der Waals surface area contributed by atoms with Crippen molar-refractivity contribution in [2.24, 2.45) is 11.8 Å². The predicted octanol–water partition coefficient (Wildman–Crippen LogP) is 1.10. The smallest absolute Gasteiger partial charge is 0.407 e. The molecule has 0 bridgehead atoms. The summed E-state index contributed by atoms with van der Waals surface area (Å²) < 4.78 is 0. The van der Waals surface area contributed by atoms with Crippen molar-refractivity contribution in [1.82, 2.24) is 9.80 Å². The van der Waals surface area contributed by atoms with E-state index in [0.717, 1.165) is 0 Å². The maximum absolute atomic E-state index is 12.0. The quantitative estimate of drug-likeness (QED) is 0.770. The van der Waals surface area contributed by atoms with Crippen molar-refractivity contribution in [3.05, 3.63) is 0 Å². The van der Waals surface area contributed by atoms with E-state index in [1.54, 1.807) is 4.90 Å². The number of hydrogen-bond acceptors (Lipinski definition) is 2. The number of carboxylic acid groups (broad SMARTS) is 1. The SMILES string of the molecule is CC(C)C(C)C(=O)N1CCN(C(=O)O)CC1. The lowest BCUT2D eigenvalue weighted by Crippen LogP contribution is -2.51. The van der Waals surface area contributed by atoms with Gasteiger partial charge in [-0.05, 0) is 5.92 Å². The van der Waals surface area contributed by atoms with Gasteiger partial charge in [-0.2, -0.15) is 0 Å². The maximum Gasteiger partial charge on any atom is 0.407 e. The number of amides is 2. The van der Waals surface area contributed by atoms with Crippen LogP contribution in [0.1, 0.15) is 20.8 Å². The molecule has 5 nitrogen and oxygen atoms in total. The van der Waals surface area contributed by atoms with E-state index >= 15 is 0 Å². The van der Waals surface area contributed by atoms with Crippen LogP contribution in [-0.2, 0) is 4.79 Å². The molecule has 1 atom stereocenters. The molecule has 0 aromatic heterocycles. The number of piperazine rings is 1. The van der Waals surface area contributed by atoms with Crippen LogP contribution in [0.25, 0.3) is 0 Å². The first kappa shape index (κ1) is 12.8. The van der Waals surface area contributed by atoms with Gasteiger partial charge >= 0.3 is 6.09 Å². The summed E-state index contributed by atoms with van der Waals surface area (Å²) in [4.78, 5) is 25.8. The molecule has 92 valence electrons. The summed E-state index contributed by atoms with van der Waals surface area (Å²) in [5.41, 5.74) is 0. The van der Waals surface area contributed by atoms with E-state index in [9.17, 15) is 9.59 Å². The summed E-state index contributed by atoms with van der Waals surface area (Å²) in [5.74, 6) is 0.474. The molecule has 1 aliphatic rings. The molecule has 1 heterocycles. The molecular weight excluding hydrogens is 208 g/mol. The largest absolute Gasteiger partial charge is 0.465 e. The van der Waals surface area contributed by atoms with Crippen molar-refractivity contribution < 1.29 is 14.7 Å². The molecule has 0 aromatic carbocycles. The Morgan fingerprint density at radius 1 is 1.00 bits per heavy atom. The van der Waals surface area contributed by atoms with Gasteiger partial charge in [0.25, 0.3) is 0 Å². The van der Waals surface area contributed by atoms with Gasteiger partial charge in [0.05, 0.1) is 0 Å². The third-order valence-corrected chi connectivity index (χ3v) is 3.25. The number of rotatable bonds is 2. The predicted molar refractivity (Wildman–Crippen MR) is 60.2 cm³/mol. The molecule has 16 heavy (non-hydrogen) atoms. The minimum absolute atomic E-state index is 0.0105. The standard InChI is InChI=1S/C11H20N2O3/c1-8(2)9(3)10(14)12-4-6-13(7-5-12)11(15)16/h8-9H,4-7H2,1-3H3,(H,15,16). The molecule has 1 N–H and O–H groups in total. The van der Waals surface area contributed by atoms with Crippen molar-refractivity contribution in [3.63, 3.8) is 0 Å². The lowest BCUT2D eigenvalue weighted by molar-refractivity contribution is -0.137. The van der Waals surface area contributed by atoms with Crippen molar-refractivity contribution in [3.8, 4) is 0 Å². The summed E-state index contributed by atoms with van der Waals surface area (Å²) in [6.07, 6.45) is -0.899. The average Bonchev–Trinajstić information content (AvgIpc) is 2.27. The fourth-order valence-electron chi connectivity index (χ4n) is 1.69. The summed E-state index contributed by atoms with van der Waals surface area (Å²) in [6.45, 7) is 7.85. The van der Waals surface area contributed by atoms with E-state index < -0.39 is 6.09 Å². The summed E-state index contributed by atoms with van der Waals surface area (Å²) >= 11 is 0. The first-order valence-corrected chi connectivity index (χ1v) is 5.70. The number of carbonyl (C=O) groups is 2. The molecule has 1 aliphatic heterocycles. The molecule has 1 rings (SSSR count). The molecule has 1 unspecified atom stereocenters. The number of carbonyl (C=O) groups excluding carboxylic acids is 1. The molecule has 1 saturated heterocycles. The second-order valence-corrected chi connectivity index (χ2v) is 4.63. The molecule has 5 heteroatoms. The zero-order valence-electron chi connectivity index (χ0n) is 10.1. The Bertz CT molecular complexity index is 270. The van der Waals surface area contributed by atoms with Crippen LogP contribution in [0.2, 0.25) is 0 Å². The van der Waals surface area contributed by atoms with Crippen LogP contribution in [0.5, 0.6) is 0 Å². The van der Waals surface area contributed by atoms with Crippen molar-refractivity contribution in [2.45, 2.75) is 20.8 Å². The van der Waals surface area contributed by atoms with Gasteiger partial charge in [0.1, 0.15) is 0 Å². The Morgan fingerprint density at radius 3 is 1.81 bits per heavy atom. The zero-order chi connectivity index (χ0) is 12.3. The third-order valence-electron chi connectivity index (χ3n) is 3.25. The van der Waals surface area contributed by atoms with Crippen LogP contribution >= 0.6 is 0 Å². The van der Waals surface area contributed by atoms with Crippen molar-refractivity contribution in [2.75, 3.05) is 26.2 Å². The molecule has 0 radical (unpaired) electrons. The lowest BCUT2D eigenvalue weighted by atomic mass is 9.96. The fraction of sp³-hybridized carbons (Fsp3) is 0.818. The normalized spacial score (nSPS) is 18.8. The van der Waals surface area contributed by atoms with Gasteiger partial charge in [-0.3, -0.25) is 4.79 Å². The molecule has 2 amide bonds. The lowest BCUT2D eigenvalue weighted by Gasteiger charge is -2.35. The Balaban J connectivity index is 2.47. The summed E-state index contributed by atoms with van der Waals surface area (Å²) in [5, 5.41) is 8.78. The van der Waals surface area contributed by atoms with Gasteiger partial charge < -0.3 is 14.9 Å². The topological polar surface area (TPSA) is 60.9 Å². The van der Waals surface area contributed by atoms with Crippen LogP contribution in [0.3, 0.4) is 0 Å². The Labute approximate surface area is 96.0 Å². The van der Waals surface area contributed by atoms with E-state index in [0.29, 0.717) is 32.1 Å². The number of nitrogens with zero attached hydrogens (tertiary/aromatic N) is 2. The minimum atomic E-state index is -0.899. The highest BCUT2D eigenvalue weighted by atomic mass is 16.4.